The molecule has 2 N–H and O–H groups in total. The molecule has 0 aliphatic heterocycles. The van der Waals surface area contributed by atoms with E-state index in [0.717, 1.165) is 18.8 Å². The Morgan fingerprint density at radius 1 is 1.56 bits per heavy atom. The largest absolute Gasteiger partial charge is 0.335 e. The zero-order chi connectivity index (χ0) is 11.4. The van der Waals surface area contributed by atoms with Crippen molar-refractivity contribution in [2.24, 2.45) is 5.92 Å². The van der Waals surface area contributed by atoms with E-state index in [1.807, 2.05) is 5.38 Å². The van der Waals surface area contributed by atoms with Gasteiger partial charge in [0.2, 0.25) is 0 Å². The lowest BCUT2D eigenvalue weighted by Gasteiger charge is -2.27. The Labute approximate surface area is 99.5 Å². The molecule has 1 aliphatic carbocycles. The minimum absolute atomic E-state index is 0.131. The molecule has 1 heterocycles. The second kappa shape index (κ2) is 5.30. The maximum atomic E-state index is 11.6. The van der Waals surface area contributed by atoms with Crippen molar-refractivity contribution in [2.45, 2.75) is 38.6 Å². The van der Waals surface area contributed by atoms with Crippen LogP contribution >= 0.6 is 11.3 Å². The summed E-state index contributed by atoms with van der Waals surface area (Å²) in [6.45, 7) is 2.24. The molecule has 0 radical (unpaired) electrons. The van der Waals surface area contributed by atoms with Gasteiger partial charge >= 0.3 is 6.03 Å². The number of carbonyl (C=O) groups excluding carboxylic acids is 1. The Hall–Kier alpha value is -1.10. The molecule has 5 heteroatoms. The van der Waals surface area contributed by atoms with E-state index in [0.29, 0.717) is 11.2 Å². The number of aromatic nitrogens is 1. The summed E-state index contributed by atoms with van der Waals surface area (Å²) in [5.74, 6) is 0.721. The van der Waals surface area contributed by atoms with Gasteiger partial charge in [-0.05, 0) is 18.8 Å². The molecule has 0 aromatic carbocycles. The molecule has 4 nitrogen and oxygen atoms in total. The predicted octanol–water partition coefficient (Wildman–Crippen LogP) is 2.84. The maximum absolute atomic E-state index is 11.6. The number of nitrogens with one attached hydrogen (secondary N) is 2. The van der Waals surface area contributed by atoms with Gasteiger partial charge in [-0.2, -0.15) is 0 Å². The molecule has 16 heavy (non-hydrogen) atoms. The van der Waals surface area contributed by atoms with Gasteiger partial charge in [0.15, 0.2) is 5.13 Å². The summed E-state index contributed by atoms with van der Waals surface area (Å²) >= 11 is 1.43. The van der Waals surface area contributed by atoms with E-state index in [1.165, 1.54) is 24.2 Å². The molecular formula is C11H17N3OS. The third-order valence-corrected chi connectivity index (χ3v) is 3.61. The fraction of sp³-hybridized carbons (Fsp3) is 0.636. The van der Waals surface area contributed by atoms with Gasteiger partial charge in [-0.1, -0.05) is 19.8 Å². The van der Waals surface area contributed by atoms with Crippen molar-refractivity contribution in [3.63, 3.8) is 0 Å². The Morgan fingerprint density at radius 2 is 2.44 bits per heavy atom. The van der Waals surface area contributed by atoms with Gasteiger partial charge in [0, 0.05) is 17.6 Å². The van der Waals surface area contributed by atoms with Crippen LogP contribution in [-0.4, -0.2) is 17.1 Å². The molecule has 1 aliphatic rings. The van der Waals surface area contributed by atoms with Crippen molar-refractivity contribution in [2.75, 3.05) is 5.32 Å². The van der Waals surface area contributed by atoms with Crippen molar-refractivity contribution < 1.29 is 4.79 Å². The van der Waals surface area contributed by atoms with Crippen LogP contribution < -0.4 is 10.6 Å². The van der Waals surface area contributed by atoms with Gasteiger partial charge in [-0.15, -0.1) is 11.3 Å². The van der Waals surface area contributed by atoms with Crippen LogP contribution in [0.15, 0.2) is 11.6 Å². The van der Waals surface area contributed by atoms with Gasteiger partial charge in [0.05, 0.1) is 0 Å². The van der Waals surface area contributed by atoms with Gasteiger partial charge in [-0.25, -0.2) is 9.78 Å². The van der Waals surface area contributed by atoms with E-state index in [1.54, 1.807) is 6.20 Å². The van der Waals surface area contributed by atoms with Crippen LogP contribution in [0.2, 0.25) is 0 Å². The monoisotopic (exact) mass is 239 g/mol. The van der Waals surface area contributed by atoms with E-state index in [9.17, 15) is 4.79 Å². The van der Waals surface area contributed by atoms with Crippen LogP contribution in [0.1, 0.15) is 32.6 Å². The van der Waals surface area contributed by atoms with Gasteiger partial charge < -0.3 is 5.32 Å². The normalized spacial score (nSPS) is 25.1. The number of amides is 2. The molecule has 1 aromatic rings. The highest BCUT2D eigenvalue weighted by Gasteiger charge is 2.20. The predicted molar refractivity (Wildman–Crippen MR) is 65.7 cm³/mol. The van der Waals surface area contributed by atoms with E-state index in [4.69, 9.17) is 0 Å². The van der Waals surface area contributed by atoms with Crippen molar-refractivity contribution in [1.29, 1.82) is 0 Å². The molecule has 1 saturated carbocycles. The average molecular weight is 239 g/mol. The Balaban J connectivity index is 1.78. The lowest BCUT2D eigenvalue weighted by Crippen LogP contribution is -2.40. The van der Waals surface area contributed by atoms with Gasteiger partial charge in [-0.3, -0.25) is 5.32 Å². The first kappa shape index (κ1) is 11.4. The number of hydrogen-bond donors (Lipinski definition) is 2. The molecule has 88 valence electrons. The second-order valence-corrected chi connectivity index (χ2v) is 5.30. The van der Waals surface area contributed by atoms with Crippen LogP contribution in [0, 0.1) is 5.92 Å². The van der Waals surface area contributed by atoms with Crippen molar-refractivity contribution in [3.05, 3.63) is 11.6 Å². The third-order valence-electron chi connectivity index (χ3n) is 2.92. The Bertz CT molecular complexity index is 339. The number of hydrogen-bond acceptors (Lipinski definition) is 3. The van der Waals surface area contributed by atoms with Gasteiger partial charge in [0.25, 0.3) is 0 Å². The fourth-order valence-electron chi connectivity index (χ4n) is 2.17. The first-order valence-electron chi connectivity index (χ1n) is 5.71. The van der Waals surface area contributed by atoms with Crippen LogP contribution in [-0.2, 0) is 0 Å². The number of carbonyl (C=O) groups is 1. The minimum Gasteiger partial charge on any atom is -0.335 e. The second-order valence-electron chi connectivity index (χ2n) is 4.40. The number of thiazole rings is 1. The quantitative estimate of drug-likeness (QED) is 0.833. The lowest BCUT2D eigenvalue weighted by molar-refractivity contribution is 0.238. The van der Waals surface area contributed by atoms with Crippen LogP contribution in [0.25, 0.3) is 0 Å². The zero-order valence-electron chi connectivity index (χ0n) is 9.40. The molecular weight excluding hydrogens is 222 g/mol. The molecule has 2 amide bonds. The summed E-state index contributed by atoms with van der Waals surface area (Å²) in [4.78, 5) is 15.6. The highest BCUT2D eigenvalue weighted by atomic mass is 32.1. The van der Waals surface area contributed by atoms with Crippen LogP contribution in [0.4, 0.5) is 9.93 Å². The maximum Gasteiger partial charge on any atom is 0.321 e. The molecule has 0 spiro atoms. The highest BCUT2D eigenvalue weighted by Crippen LogP contribution is 2.23. The third kappa shape index (κ3) is 3.20. The molecule has 2 rings (SSSR count). The van der Waals surface area contributed by atoms with E-state index in [-0.39, 0.29) is 6.03 Å². The van der Waals surface area contributed by atoms with Crippen molar-refractivity contribution in [3.8, 4) is 0 Å². The first-order chi connectivity index (χ1) is 7.74. The summed E-state index contributed by atoms with van der Waals surface area (Å²) < 4.78 is 0. The molecule has 1 fully saturated rings. The summed E-state index contributed by atoms with van der Waals surface area (Å²) in [6, 6.07) is 0.192. The summed E-state index contributed by atoms with van der Waals surface area (Å²) in [7, 11) is 0. The number of nitrogens with zero attached hydrogens (tertiary/aromatic N) is 1. The summed E-state index contributed by atoms with van der Waals surface area (Å²) in [5, 5.41) is 8.25. The van der Waals surface area contributed by atoms with Gasteiger partial charge in [0.1, 0.15) is 0 Å². The number of rotatable bonds is 2. The first-order valence-corrected chi connectivity index (χ1v) is 6.59. The summed E-state index contributed by atoms with van der Waals surface area (Å²) in [5.41, 5.74) is 0. The number of urea groups is 1. The standard InChI is InChI=1S/C11H17N3OS/c1-8-3-2-4-9(7-8)13-10(15)14-11-12-5-6-16-11/h5-6,8-9H,2-4,7H2,1H3,(H2,12,13,14,15)/t8?,9-/m1/s1. The van der Waals surface area contributed by atoms with E-state index < -0.39 is 0 Å². The Kier molecular flexibility index (Phi) is 3.77. The van der Waals surface area contributed by atoms with Crippen molar-refractivity contribution >= 4 is 22.5 Å². The fourth-order valence-corrected chi connectivity index (χ4v) is 2.69. The highest BCUT2D eigenvalue weighted by molar-refractivity contribution is 7.13. The molecule has 1 aromatic heterocycles. The topological polar surface area (TPSA) is 54.0 Å². The van der Waals surface area contributed by atoms with E-state index in [2.05, 4.69) is 22.5 Å². The summed E-state index contributed by atoms with van der Waals surface area (Å²) in [6.07, 6.45) is 6.36. The molecule has 0 saturated heterocycles. The zero-order valence-corrected chi connectivity index (χ0v) is 10.2. The SMILES string of the molecule is CC1CCC[C@@H](NC(=O)Nc2nccs2)C1. The van der Waals surface area contributed by atoms with Crippen LogP contribution in [0.3, 0.4) is 0 Å². The Morgan fingerprint density at radius 3 is 3.12 bits per heavy atom. The van der Waals surface area contributed by atoms with Crippen LogP contribution in [0.5, 0.6) is 0 Å². The molecule has 2 atom stereocenters. The average Bonchev–Trinajstić information content (AvgIpc) is 2.70. The molecule has 0 bridgehead atoms. The number of anilines is 1. The molecule has 1 unspecified atom stereocenters. The van der Waals surface area contributed by atoms with Crippen molar-refractivity contribution in [1.82, 2.24) is 10.3 Å². The smallest absolute Gasteiger partial charge is 0.321 e. The minimum atomic E-state index is -0.131. The van der Waals surface area contributed by atoms with E-state index >= 15 is 0 Å². The lowest BCUT2D eigenvalue weighted by atomic mass is 9.87.